The molecular weight excluding hydrogens is 236 g/mol. The van der Waals surface area contributed by atoms with E-state index in [4.69, 9.17) is 5.11 Å². The number of carbonyl (C=O) groups is 2. The second-order valence-corrected chi connectivity index (χ2v) is 5.34. The Hall–Kier alpha value is -1.30. The van der Waals surface area contributed by atoms with E-state index in [0.717, 1.165) is 0 Å². The fraction of sp³-hybridized carbons (Fsp3) is 0.833. The summed E-state index contributed by atoms with van der Waals surface area (Å²) >= 11 is 0. The molecule has 0 fully saturated rings. The second-order valence-electron chi connectivity index (χ2n) is 5.34. The van der Waals surface area contributed by atoms with Crippen molar-refractivity contribution in [3.8, 4) is 0 Å². The van der Waals surface area contributed by atoms with Crippen LogP contribution in [-0.4, -0.2) is 51.8 Å². The van der Waals surface area contributed by atoms with Crippen molar-refractivity contribution in [2.75, 3.05) is 13.1 Å². The molecule has 0 spiro atoms. The third-order valence-electron chi connectivity index (χ3n) is 2.46. The molecule has 0 aliphatic heterocycles. The number of carbonyl (C=O) groups excluding carboxylic acids is 1. The summed E-state index contributed by atoms with van der Waals surface area (Å²) in [6.45, 7) is 8.98. The molecule has 0 saturated carbocycles. The quantitative estimate of drug-likeness (QED) is 0.662. The SMILES string of the molecule is CCN(CC(C)(C)O)C(=O)N[C@@H](C(=O)O)C(C)C. The highest BCUT2D eigenvalue weighted by molar-refractivity contribution is 5.82. The molecule has 0 aromatic carbocycles. The molecule has 0 aromatic heterocycles. The summed E-state index contributed by atoms with van der Waals surface area (Å²) in [5.74, 6) is -1.26. The van der Waals surface area contributed by atoms with Crippen LogP contribution in [0.5, 0.6) is 0 Å². The van der Waals surface area contributed by atoms with Gasteiger partial charge in [0.25, 0.3) is 0 Å². The molecule has 3 N–H and O–H groups in total. The van der Waals surface area contributed by atoms with Crippen molar-refractivity contribution in [2.24, 2.45) is 5.92 Å². The number of likely N-dealkylation sites (N-methyl/N-ethyl adjacent to an activating group) is 1. The van der Waals surface area contributed by atoms with Gasteiger partial charge in [-0.05, 0) is 26.7 Å². The molecule has 0 bridgehead atoms. The predicted molar refractivity (Wildman–Crippen MR) is 68.3 cm³/mol. The first-order valence-corrected chi connectivity index (χ1v) is 6.09. The highest BCUT2D eigenvalue weighted by atomic mass is 16.4. The van der Waals surface area contributed by atoms with Crippen LogP contribution in [0.15, 0.2) is 0 Å². The Bertz CT molecular complexity index is 297. The van der Waals surface area contributed by atoms with Crippen LogP contribution < -0.4 is 5.32 Å². The van der Waals surface area contributed by atoms with E-state index in [0.29, 0.717) is 6.54 Å². The first kappa shape index (κ1) is 16.7. The number of carboxylic acid groups (broad SMARTS) is 1. The Balaban J connectivity index is 4.65. The highest BCUT2D eigenvalue weighted by Gasteiger charge is 2.27. The summed E-state index contributed by atoms with van der Waals surface area (Å²) in [4.78, 5) is 24.3. The maximum atomic E-state index is 11.9. The molecular formula is C12H24N2O4. The molecule has 0 heterocycles. The van der Waals surface area contributed by atoms with Crippen LogP contribution in [0.2, 0.25) is 0 Å². The zero-order valence-corrected chi connectivity index (χ0v) is 11.7. The summed E-state index contributed by atoms with van der Waals surface area (Å²) in [7, 11) is 0. The number of amides is 2. The minimum atomic E-state index is -1.06. The molecule has 18 heavy (non-hydrogen) atoms. The third kappa shape index (κ3) is 5.86. The van der Waals surface area contributed by atoms with Crippen LogP contribution >= 0.6 is 0 Å². The van der Waals surface area contributed by atoms with E-state index in [9.17, 15) is 14.7 Å². The fourth-order valence-corrected chi connectivity index (χ4v) is 1.53. The minimum absolute atomic E-state index is 0.153. The van der Waals surface area contributed by atoms with Crippen molar-refractivity contribution in [1.82, 2.24) is 10.2 Å². The molecule has 0 rings (SSSR count). The number of hydrogen-bond acceptors (Lipinski definition) is 3. The number of aliphatic hydroxyl groups is 1. The smallest absolute Gasteiger partial charge is 0.326 e. The fourth-order valence-electron chi connectivity index (χ4n) is 1.53. The Morgan fingerprint density at radius 1 is 1.33 bits per heavy atom. The number of aliphatic carboxylic acids is 1. The topological polar surface area (TPSA) is 89.9 Å². The van der Waals surface area contributed by atoms with Gasteiger partial charge in [0.1, 0.15) is 6.04 Å². The summed E-state index contributed by atoms with van der Waals surface area (Å²) in [5, 5.41) is 21.1. The van der Waals surface area contributed by atoms with Gasteiger partial charge in [-0.25, -0.2) is 9.59 Å². The van der Waals surface area contributed by atoms with Gasteiger partial charge in [0.2, 0.25) is 0 Å². The van der Waals surface area contributed by atoms with E-state index in [1.807, 2.05) is 0 Å². The van der Waals surface area contributed by atoms with Crippen molar-refractivity contribution < 1.29 is 19.8 Å². The first-order valence-electron chi connectivity index (χ1n) is 6.09. The normalized spacial score (nSPS) is 13.3. The van der Waals surface area contributed by atoms with E-state index in [1.165, 1.54) is 4.90 Å². The predicted octanol–water partition coefficient (Wildman–Crippen LogP) is 0.898. The Morgan fingerprint density at radius 3 is 2.11 bits per heavy atom. The number of hydrogen-bond donors (Lipinski definition) is 3. The van der Waals surface area contributed by atoms with Crippen LogP contribution in [0, 0.1) is 5.92 Å². The molecule has 0 radical (unpaired) electrons. The molecule has 6 heteroatoms. The van der Waals surface area contributed by atoms with Gasteiger partial charge < -0.3 is 20.4 Å². The van der Waals surface area contributed by atoms with Gasteiger partial charge in [-0.3, -0.25) is 0 Å². The van der Waals surface area contributed by atoms with E-state index in [2.05, 4.69) is 5.32 Å². The summed E-state index contributed by atoms with van der Waals surface area (Å²) < 4.78 is 0. The maximum absolute atomic E-state index is 11.9. The molecule has 6 nitrogen and oxygen atoms in total. The second kappa shape index (κ2) is 6.58. The van der Waals surface area contributed by atoms with Gasteiger partial charge in [-0.2, -0.15) is 0 Å². The standard InChI is InChI=1S/C12H24N2O4/c1-6-14(7-12(4,5)18)11(17)13-9(8(2)3)10(15)16/h8-9,18H,6-7H2,1-5H3,(H,13,17)(H,15,16)/t9-/m1/s1. The van der Waals surface area contributed by atoms with Gasteiger partial charge in [0.05, 0.1) is 12.1 Å². The first-order chi connectivity index (χ1) is 8.08. The van der Waals surface area contributed by atoms with Gasteiger partial charge in [-0.15, -0.1) is 0 Å². The highest BCUT2D eigenvalue weighted by Crippen LogP contribution is 2.07. The number of urea groups is 1. The number of nitrogens with zero attached hydrogens (tertiary/aromatic N) is 1. The summed E-state index contributed by atoms with van der Waals surface area (Å²) in [6, 6.07) is -1.39. The summed E-state index contributed by atoms with van der Waals surface area (Å²) in [5.41, 5.74) is -1.01. The van der Waals surface area contributed by atoms with Crippen LogP contribution in [0.25, 0.3) is 0 Å². The lowest BCUT2D eigenvalue weighted by atomic mass is 10.1. The van der Waals surface area contributed by atoms with Crippen LogP contribution in [0.3, 0.4) is 0 Å². The van der Waals surface area contributed by atoms with Crippen molar-refractivity contribution >= 4 is 12.0 Å². The molecule has 0 aliphatic carbocycles. The lowest BCUT2D eigenvalue weighted by Gasteiger charge is -2.30. The third-order valence-corrected chi connectivity index (χ3v) is 2.46. The lowest BCUT2D eigenvalue weighted by Crippen LogP contribution is -2.52. The van der Waals surface area contributed by atoms with Gasteiger partial charge >= 0.3 is 12.0 Å². The average molecular weight is 260 g/mol. The Morgan fingerprint density at radius 2 is 1.83 bits per heavy atom. The van der Waals surface area contributed by atoms with Crippen molar-refractivity contribution in [1.29, 1.82) is 0 Å². The van der Waals surface area contributed by atoms with Crippen LogP contribution in [-0.2, 0) is 4.79 Å². The number of rotatable bonds is 6. The molecule has 106 valence electrons. The monoisotopic (exact) mass is 260 g/mol. The number of carboxylic acids is 1. The number of nitrogens with one attached hydrogen (secondary N) is 1. The Kier molecular flexibility index (Phi) is 6.11. The van der Waals surface area contributed by atoms with Crippen molar-refractivity contribution in [3.05, 3.63) is 0 Å². The average Bonchev–Trinajstić information content (AvgIpc) is 2.19. The van der Waals surface area contributed by atoms with Crippen molar-refractivity contribution in [2.45, 2.75) is 46.3 Å². The Labute approximate surface area is 108 Å². The van der Waals surface area contributed by atoms with E-state index in [1.54, 1.807) is 34.6 Å². The van der Waals surface area contributed by atoms with E-state index >= 15 is 0 Å². The molecule has 0 aliphatic rings. The minimum Gasteiger partial charge on any atom is -0.480 e. The van der Waals surface area contributed by atoms with Crippen LogP contribution in [0.1, 0.15) is 34.6 Å². The van der Waals surface area contributed by atoms with Gasteiger partial charge in [0.15, 0.2) is 0 Å². The van der Waals surface area contributed by atoms with Gasteiger partial charge in [0, 0.05) is 6.54 Å². The summed E-state index contributed by atoms with van der Waals surface area (Å²) in [6.07, 6.45) is 0. The molecule has 0 unspecified atom stereocenters. The van der Waals surface area contributed by atoms with E-state index in [-0.39, 0.29) is 12.5 Å². The maximum Gasteiger partial charge on any atom is 0.326 e. The van der Waals surface area contributed by atoms with Gasteiger partial charge in [-0.1, -0.05) is 13.8 Å². The van der Waals surface area contributed by atoms with Crippen LogP contribution in [0.4, 0.5) is 4.79 Å². The van der Waals surface area contributed by atoms with Crippen molar-refractivity contribution in [3.63, 3.8) is 0 Å². The zero-order valence-electron chi connectivity index (χ0n) is 11.7. The lowest BCUT2D eigenvalue weighted by molar-refractivity contribution is -0.140. The molecule has 1 atom stereocenters. The molecule has 2 amide bonds. The largest absolute Gasteiger partial charge is 0.480 e. The molecule has 0 aromatic rings. The molecule has 0 saturated heterocycles. The van der Waals surface area contributed by atoms with E-state index < -0.39 is 23.6 Å². The zero-order chi connectivity index (χ0) is 14.5.